The first-order valence-corrected chi connectivity index (χ1v) is 8.25. The van der Waals surface area contributed by atoms with E-state index in [1.807, 2.05) is 0 Å². The quantitative estimate of drug-likeness (QED) is 0.748. The van der Waals surface area contributed by atoms with E-state index < -0.39 is 40.7 Å². The van der Waals surface area contributed by atoms with Crippen molar-refractivity contribution in [2.24, 2.45) is 0 Å². The van der Waals surface area contributed by atoms with Crippen LogP contribution in [0.4, 0.5) is 23.2 Å². The maximum Gasteiger partial charge on any atom is 0.423 e. The number of alkyl halides is 3. The summed E-state index contributed by atoms with van der Waals surface area (Å²) in [4.78, 5) is 24.1. The van der Waals surface area contributed by atoms with Gasteiger partial charge in [0.05, 0.1) is 23.5 Å². The average molecular weight is 401 g/mol. The lowest BCUT2D eigenvalue weighted by Gasteiger charge is -2.28. The number of anilines is 1. The van der Waals surface area contributed by atoms with Crippen LogP contribution in [0.3, 0.4) is 0 Å². The number of halogens is 4. The number of benzene rings is 1. The number of aromatic nitrogens is 2. The molecule has 1 aromatic carbocycles. The molecule has 11 heteroatoms. The first kappa shape index (κ1) is 19.6. The van der Waals surface area contributed by atoms with Crippen LogP contribution in [-0.2, 0) is 6.18 Å². The zero-order valence-electron chi connectivity index (χ0n) is 14.3. The minimum atomic E-state index is -4.85. The predicted octanol–water partition coefficient (Wildman–Crippen LogP) is 2.67. The normalized spacial score (nSPS) is 17.0. The summed E-state index contributed by atoms with van der Waals surface area (Å²) < 4.78 is 58.8. The molecule has 0 spiro atoms. The Kier molecular flexibility index (Phi) is 5.25. The molecule has 1 aliphatic rings. The first-order valence-electron chi connectivity index (χ1n) is 8.25. The summed E-state index contributed by atoms with van der Waals surface area (Å²) in [6.07, 6.45) is -2.84. The first-order chi connectivity index (χ1) is 13.2. The number of ether oxygens (including phenoxy) is 1. The molecule has 1 fully saturated rings. The van der Waals surface area contributed by atoms with E-state index in [0.717, 1.165) is 18.3 Å². The van der Waals surface area contributed by atoms with Crippen molar-refractivity contribution in [3.63, 3.8) is 0 Å². The van der Waals surface area contributed by atoms with E-state index in [9.17, 15) is 27.2 Å². The lowest BCUT2D eigenvalue weighted by atomic mass is 10.2. The van der Waals surface area contributed by atoms with Crippen LogP contribution in [0.25, 0.3) is 0 Å². The Morgan fingerprint density at radius 1 is 1.39 bits per heavy atom. The molecule has 28 heavy (non-hydrogen) atoms. The van der Waals surface area contributed by atoms with Gasteiger partial charge in [-0.1, -0.05) is 0 Å². The van der Waals surface area contributed by atoms with Crippen molar-refractivity contribution in [1.29, 1.82) is 0 Å². The lowest BCUT2D eigenvalue weighted by Crippen LogP contribution is -2.37. The summed E-state index contributed by atoms with van der Waals surface area (Å²) >= 11 is 0. The number of H-pyrrole nitrogens is 1. The Balaban J connectivity index is 1.82. The van der Waals surface area contributed by atoms with E-state index in [-0.39, 0.29) is 24.6 Å². The second kappa shape index (κ2) is 7.49. The van der Waals surface area contributed by atoms with E-state index in [4.69, 9.17) is 9.84 Å². The van der Waals surface area contributed by atoms with Crippen molar-refractivity contribution in [2.45, 2.75) is 25.1 Å². The highest BCUT2D eigenvalue weighted by atomic mass is 19.4. The minimum Gasteiger partial charge on any atom is -0.491 e. The molecule has 0 saturated carbocycles. The molecule has 0 bridgehead atoms. The maximum absolute atomic E-state index is 13.4. The minimum absolute atomic E-state index is 0.0746. The van der Waals surface area contributed by atoms with Crippen molar-refractivity contribution in [1.82, 2.24) is 10.2 Å². The summed E-state index contributed by atoms with van der Waals surface area (Å²) in [7, 11) is 0. The molecule has 0 amide bonds. The van der Waals surface area contributed by atoms with Crippen LogP contribution < -0.4 is 15.2 Å². The number of hydrogen-bond acceptors (Lipinski definition) is 5. The van der Waals surface area contributed by atoms with Crippen LogP contribution in [0.2, 0.25) is 0 Å². The number of carboxylic acids is 1. The molecular weight excluding hydrogens is 386 g/mol. The van der Waals surface area contributed by atoms with Crippen LogP contribution in [0, 0.1) is 5.82 Å². The van der Waals surface area contributed by atoms with Gasteiger partial charge in [-0.05, 0) is 31.0 Å². The highest BCUT2D eigenvalue weighted by molar-refractivity contribution is 5.88. The van der Waals surface area contributed by atoms with Crippen molar-refractivity contribution in [2.75, 3.05) is 18.1 Å². The standard InChI is InChI=1S/C17H15F4N3O4/c18-12-4-3-10(6-11(12)16(26)27)28-8-9-2-1-5-24(9)13-7-22-23-15(25)14(13)17(19,20)21/h3-4,6-7,9H,1-2,5,8H2,(H,23,25)(H,26,27)/t9-/m0/s1. The molecule has 1 atom stereocenters. The Hall–Kier alpha value is -3.11. The third kappa shape index (κ3) is 3.92. The van der Waals surface area contributed by atoms with Gasteiger partial charge in [-0.3, -0.25) is 4.79 Å². The maximum atomic E-state index is 13.4. The molecule has 150 valence electrons. The number of rotatable bonds is 5. The zero-order chi connectivity index (χ0) is 20.5. The molecule has 2 aromatic rings. The fraction of sp³-hybridized carbons (Fsp3) is 0.353. The number of carbonyl (C=O) groups is 1. The van der Waals surface area contributed by atoms with Gasteiger partial charge in [-0.15, -0.1) is 0 Å². The van der Waals surface area contributed by atoms with Crippen molar-refractivity contribution in [3.8, 4) is 5.75 Å². The van der Waals surface area contributed by atoms with Gasteiger partial charge in [0.2, 0.25) is 0 Å². The fourth-order valence-corrected chi connectivity index (χ4v) is 3.16. The van der Waals surface area contributed by atoms with Crippen molar-refractivity contribution in [3.05, 3.63) is 51.7 Å². The Labute approximate surface area is 155 Å². The van der Waals surface area contributed by atoms with E-state index in [1.54, 1.807) is 5.10 Å². The number of nitrogens with one attached hydrogen (secondary N) is 1. The molecule has 1 aromatic heterocycles. The van der Waals surface area contributed by atoms with Gasteiger partial charge in [-0.25, -0.2) is 14.3 Å². The Morgan fingerprint density at radius 2 is 2.14 bits per heavy atom. The molecule has 2 heterocycles. The third-order valence-corrected chi connectivity index (χ3v) is 4.42. The highest BCUT2D eigenvalue weighted by Crippen LogP contribution is 2.36. The Morgan fingerprint density at radius 3 is 2.82 bits per heavy atom. The topological polar surface area (TPSA) is 95.5 Å². The van der Waals surface area contributed by atoms with Gasteiger partial charge < -0.3 is 14.7 Å². The molecule has 2 N–H and O–H groups in total. The van der Waals surface area contributed by atoms with E-state index in [1.165, 1.54) is 11.0 Å². The largest absolute Gasteiger partial charge is 0.491 e. The van der Waals surface area contributed by atoms with Crippen LogP contribution in [0.15, 0.2) is 29.2 Å². The lowest BCUT2D eigenvalue weighted by molar-refractivity contribution is -0.138. The van der Waals surface area contributed by atoms with Crippen LogP contribution in [0.5, 0.6) is 5.75 Å². The smallest absolute Gasteiger partial charge is 0.423 e. The molecule has 3 rings (SSSR count). The second-order valence-electron chi connectivity index (χ2n) is 6.20. The van der Waals surface area contributed by atoms with Gasteiger partial charge in [0.15, 0.2) is 0 Å². The zero-order valence-corrected chi connectivity index (χ0v) is 14.3. The molecule has 0 radical (unpaired) electrons. The second-order valence-corrected chi connectivity index (χ2v) is 6.20. The Bertz CT molecular complexity index is 945. The molecule has 0 unspecified atom stereocenters. The van der Waals surface area contributed by atoms with Crippen LogP contribution in [0.1, 0.15) is 28.8 Å². The molecule has 1 saturated heterocycles. The number of carboxylic acid groups (broad SMARTS) is 1. The van der Waals surface area contributed by atoms with E-state index in [2.05, 4.69) is 5.10 Å². The number of aromatic carboxylic acids is 1. The van der Waals surface area contributed by atoms with Crippen molar-refractivity contribution < 1.29 is 32.2 Å². The summed E-state index contributed by atoms with van der Waals surface area (Å²) in [5.74, 6) is -2.31. The van der Waals surface area contributed by atoms with Crippen LogP contribution >= 0.6 is 0 Å². The molecular formula is C17H15F4N3O4. The summed E-state index contributed by atoms with van der Waals surface area (Å²) in [6, 6.07) is 2.68. The number of aromatic amines is 1. The highest BCUT2D eigenvalue weighted by Gasteiger charge is 2.40. The van der Waals surface area contributed by atoms with Gasteiger partial charge >= 0.3 is 12.1 Å². The number of nitrogens with zero attached hydrogens (tertiary/aromatic N) is 2. The van der Waals surface area contributed by atoms with Gasteiger partial charge in [0, 0.05) is 6.54 Å². The average Bonchev–Trinajstić information content (AvgIpc) is 3.08. The molecule has 0 aliphatic carbocycles. The van der Waals surface area contributed by atoms with E-state index in [0.29, 0.717) is 12.8 Å². The summed E-state index contributed by atoms with van der Waals surface area (Å²) in [5.41, 5.74) is -3.57. The van der Waals surface area contributed by atoms with Gasteiger partial charge in [0.25, 0.3) is 5.56 Å². The van der Waals surface area contributed by atoms with Crippen molar-refractivity contribution >= 4 is 11.7 Å². The summed E-state index contributed by atoms with van der Waals surface area (Å²) in [6.45, 7) is 0.195. The van der Waals surface area contributed by atoms with Gasteiger partial charge in [0.1, 0.15) is 23.7 Å². The SMILES string of the molecule is O=C(O)c1cc(OC[C@@H]2CCCN2c2cn[nH]c(=O)c2C(F)(F)F)ccc1F. The van der Waals surface area contributed by atoms with E-state index >= 15 is 0 Å². The molecule has 7 nitrogen and oxygen atoms in total. The summed E-state index contributed by atoms with van der Waals surface area (Å²) in [5, 5.41) is 14.2. The predicted molar refractivity (Wildman–Crippen MR) is 89.1 cm³/mol. The molecule has 1 aliphatic heterocycles. The third-order valence-electron chi connectivity index (χ3n) is 4.42. The van der Waals surface area contributed by atoms with Gasteiger partial charge in [-0.2, -0.15) is 18.3 Å². The fourth-order valence-electron chi connectivity index (χ4n) is 3.16. The number of hydrogen-bond donors (Lipinski definition) is 2. The van der Waals surface area contributed by atoms with Crippen LogP contribution in [-0.4, -0.2) is 40.5 Å². The monoisotopic (exact) mass is 401 g/mol.